The summed E-state index contributed by atoms with van der Waals surface area (Å²) in [6.45, 7) is 1.80. The Morgan fingerprint density at radius 1 is 1.30 bits per heavy atom. The van der Waals surface area contributed by atoms with Gasteiger partial charge in [0.2, 0.25) is 5.91 Å². The fraction of sp³-hybridized carbons (Fsp3) is 0.133. The van der Waals surface area contributed by atoms with E-state index in [1.807, 2.05) is 0 Å². The fourth-order valence-corrected chi connectivity index (χ4v) is 2.24. The minimum absolute atomic E-state index is 0.152. The molecule has 0 radical (unpaired) electrons. The molecule has 0 aliphatic heterocycles. The maximum Gasteiger partial charge on any atom is 0.228 e. The van der Waals surface area contributed by atoms with Gasteiger partial charge in [-0.2, -0.15) is 0 Å². The molecule has 3 nitrogen and oxygen atoms in total. The summed E-state index contributed by atoms with van der Waals surface area (Å²) in [5.74, 6) is -0.399. The third-order valence-electron chi connectivity index (χ3n) is 2.83. The second-order valence-electron chi connectivity index (χ2n) is 4.47. The summed E-state index contributed by atoms with van der Waals surface area (Å²) >= 11 is 3.09. The summed E-state index contributed by atoms with van der Waals surface area (Å²) in [5.41, 5.74) is 2.14. The summed E-state index contributed by atoms with van der Waals surface area (Å²) in [6, 6.07) is 9.20. The Morgan fingerprint density at radius 3 is 2.70 bits per heavy atom. The van der Waals surface area contributed by atoms with Crippen molar-refractivity contribution in [1.29, 1.82) is 0 Å². The number of aryl methyl sites for hydroxylation is 1. The third kappa shape index (κ3) is 3.57. The minimum atomic E-state index is -0.358. The Labute approximate surface area is 124 Å². The zero-order valence-corrected chi connectivity index (χ0v) is 12.4. The van der Waals surface area contributed by atoms with E-state index >= 15 is 0 Å². The van der Waals surface area contributed by atoms with Crippen molar-refractivity contribution < 1.29 is 14.3 Å². The predicted octanol–water partition coefficient (Wildman–Crippen LogP) is 3.78. The monoisotopic (exact) mass is 337 g/mol. The summed E-state index contributed by atoms with van der Waals surface area (Å²) in [6.07, 6.45) is 0.152. The van der Waals surface area contributed by atoms with Crippen molar-refractivity contribution in [3.63, 3.8) is 0 Å². The molecule has 2 aromatic rings. The van der Waals surface area contributed by atoms with Gasteiger partial charge in [0.15, 0.2) is 0 Å². The highest BCUT2D eigenvalue weighted by Gasteiger charge is 2.08. The molecular weight excluding hydrogens is 325 g/mol. The first-order valence-electron chi connectivity index (χ1n) is 5.99. The summed E-state index contributed by atoms with van der Waals surface area (Å²) in [5, 5.41) is 12.1. The zero-order chi connectivity index (χ0) is 14.7. The Morgan fingerprint density at radius 2 is 2.05 bits per heavy atom. The van der Waals surface area contributed by atoms with Gasteiger partial charge >= 0.3 is 0 Å². The van der Waals surface area contributed by atoms with Gasteiger partial charge in [0.25, 0.3) is 0 Å². The number of nitrogens with one attached hydrogen (secondary N) is 1. The number of benzene rings is 2. The molecule has 0 bridgehead atoms. The minimum Gasteiger partial charge on any atom is -0.508 e. The van der Waals surface area contributed by atoms with Crippen molar-refractivity contribution in [2.75, 3.05) is 5.32 Å². The fourth-order valence-electron chi connectivity index (χ4n) is 1.82. The van der Waals surface area contributed by atoms with E-state index in [1.54, 1.807) is 31.2 Å². The van der Waals surface area contributed by atoms with Gasteiger partial charge in [-0.15, -0.1) is 0 Å². The highest BCUT2D eigenvalue weighted by Crippen LogP contribution is 2.21. The van der Waals surface area contributed by atoms with Crippen LogP contribution in [0.25, 0.3) is 0 Å². The Hall–Kier alpha value is -1.88. The topological polar surface area (TPSA) is 49.3 Å². The number of phenolic OH excluding ortho intramolecular Hbond substituents is 1. The molecule has 0 aliphatic carbocycles. The second-order valence-corrected chi connectivity index (χ2v) is 5.33. The number of phenols is 1. The van der Waals surface area contributed by atoms with Gasteiger partial charge < -0.3 is 10.4 Å². The van der Waals surface area contributed by atoms with E-state index in [-0.39, 0.29) is 23.9 Å². The first kappa shape index (κ1) is 14.5. The molecule has 0 fully saturated rings. The molecule has 2 rings (SSSR count). The SMILES string of the molecule is Cc1cc(O)ccc1NC(=O)Cc1ccc(F)c(Br)c1. The second kappa shape index (κ2) is 6.05. The van der Waals surface area contributed by atoms with Crippen molar-refractivity contribution in [3.8, 4) is 5.75 Å². The molecule has 0 atom stereocenters. The number of halogens is 2. The normalized spacial score (nSPS) is 10.3. The van der Waals surface area contributed by atoms with Crippen LogP contribution < -0.4 is 5.32 Å². The van der Waals surface area contributed by atoms with Gasteiger partial charge in [0.1, 0.15) is 11.6 Å². The van der Waals surface area contributed by atoms with Crippen LogP contribution in [0.3, 0.4) is 0 Å². The van der Waals surface area contributed by atoms with Crippen LogP contribution in [0.5, 0.6) is 5.75 Å². The van der Waals surface area contributed by atoms with E-state index < -0.39 is 0 Å². The van der Waals surface area contributed by atoms with E-state index in [0.29, 0.717) is 15.7 Å². The third-order valence-corrected chi connectivity index (χ3v) is 3.44. The number of carbonyl (C=O) groups is 1. The maximum atomic E-state index is 13.1. The number of anilines is 1. The standard InChI is InChI=1S/C15H13BrFNO2/c1-9-6-11(19)3-5-14(9)18-15(20)8-10-2-4-13(17)12(16)7-10/h2-7,19H,8H2,1H3,(H,18,20). The van der Waals surface area contributed by atoms with Crippen LogP contribution in [0.1, 0.15) is 11.1 Å². The lowest BCUT2D eigenvalue weighted by molar-refractivity contribution is -0.115. The van der Waals surface area contributed by atoms with Gasteiger partial charge in [0.05, 0.1) is 10.9 Å². The molecular formula is C15H13BrFNO2. The molecule has 0 heterocycles. The number of rotatable bonds is 3. The van der Waals surface area contributed by atoms with Crippen LogP contribution in [0.4, 0.5) is 10.1 Å². The number of carbonyl (C=O) groups excluding carboxylic acids is 1. The predicted molar refractivity (Wildman–Crippen MR) is 79.3 cm³/mol. The van der Waals surface area contributed by atoms with Crippen LogP contribution in [0, 0.1) is 12.7 Å². The molecule has 0 spiro atoms. The van der Waals surface area contributed by atoms with Crippen LogP contribution in [-0.2, 0) is 11.2 Å². The molecule has 0 saturated heterocycles. The van der Waals surface area contributed by atoms with Gasteiger partial charge in [0, 0.05) is 5.69 Å². The molecule has 1 amide bonds. The number of amides is 1. The molecule has 2 aromatic carbocycles. The summed E-state index contributed by atoms with van der Waals surface area (Å²) in [4.78, 5) is 11.9. The van der Waals surface area contributed by atoms with Crippen molar-refractivity contribution in [3.05, 3.63) is 57.8 Å². The van der Waals surface area contributed by atoms with Crippen LogP contribution in [-0.4, -0.2) is 11.0 Å². The molecule has 5 heteroatoms. The highest BCUT2D eigenvalue weighted by atomic mass is 79.9. The largest absolute Gasteiger partial charge is 0.508 e. The Bertz CT molecular complexity index is 658. The van der Waals surface area contributed by atoms with E-state index in [0.717, 1.165) is 5.56 Å². The van der Waals surface area contributed by atoms with Gasteiger partial charge in [-0.3, -0.25) is 4.79 Å². The summed E-state index contributed by atoms with van der Waals surface area (Å²) < 4.78 is 13.4. The van der Waals surface area contributed by atoms with E-state index in [1.165, 1.54) is 12.1 Å². The Kier molecular flexibility index (Phi) is 4.39. The van der Waals surface area contributed by atoms with Gasteiger partial charge in [-0.25, -0.2) is 4.39 Å². The zero-order valence-electron chi connectivity index (χ0n) is 10.8. The molecule has 0 aromatic heterocycles. The van der Waals surface area contributed by atoms with Crippen LogP contribution in [0.15, 0.2) is 40.9 Å². The first-order chi connectivity index (χ1) is 9.45. The smallest absolute Gasteiger partial charge is 0.228 e. The summed E-state index contributed by atoms with van der Waals surface area (Å²) in [7, 11) is 0. The van der Waals surface area contributed by atoms with Crippen LogP contribution >= 0.6 is 15.9 Å². The lowest BCUT2D eigenvalue weighted by atomic mass is 10.1. The number of aromatic hydroxyl groups is 1. The maximum absolute atomic E-state index is 13.1. The first-order valence-corrected chi connectivity index (χ1v) is 6.78. The number of hydrogen-bond acceptors (Lipinski definition) is 2. The van der Waals surface area contributed by atoms with Crippen molar-refractivity contribution in [2.24, 2.45) is 0 Å². The van der Waals surface area contributed by atoms with E-state index in [4.69, 9.17) is 0 Å². The van der Waals surface area contributed by atoms with Crippen LogP contribution in [0.2, 0.25) is 0 Å². The lowest BCUT2D eigenvalue weighted by Gasteiger charge is -2.09. The molecule has 0 unspecified atom stereocenters. The van der Waals surface area contributed by atoms with E-state index in [9.17, 15) is 14.3 Å². The molecule has 0 saturated carbocycles. The van der Waals surface area contributed by atoms with Crippen molar-refractivity contribution >= 4 is 27.5 Å². The van der Waals surface area contributed by atoms with E-state index in [2.05, 4.69) is 21.2 Å². The van der Waals surface area contributed by atoms with Gasteiger partial charge in [-0.05, 0) is 64.3 Å². The average molecular weight is 338 g/mol. The quantitative estimate of drug-likeness (QED) is 0.837. The Balaban J connectivity index is 2.07. The highest BCUT2D eigenvalue weighted by molar-refractivity contribution is 9.10. The molecule has 104 valence electrons. The molecule has 20 heavy (non-hydrogen) atoms. The van der Waals surface area contributed by atoms with Gasteiger partial charge in [-0.1, -0.05) is 6.07 Å². The van der Waals surface area contributed by atoms with Crippen molar-refractivity contribution in [2.45, 2.75) is 13.3 Å². The average Bonchev–Trinajstić information content (AvgIpc) is 2.37. The van der Waals surface area contributed by atoms with Crippen molar-refractivity contribution in [1.82, 2.24) is 0 Å². The number of hydrogen-bond donors (Lipinski definition) is 2. The molecule has 2 N–H and O–H groups in total. The lowest BCUT2D eigenvalue weighted by Crippen LogP contribution is -2.15. The molecule has 0 aliphatic rings.